The summed E-state index contributed by atoms with van der Waals surface area (Å²) in [6, 6.07) is 131. The van der Waals surface area contributed by atoms with Crippen molar-refractivity contribution in [1.29, 1.82) is 0 Å². The van der Waals surface area contributed by atoms with E-state index in [0.717, 1.165) is 72.3 Å². The van der Waals surface area contributed by atoms with Crippen molar-refractivity contribution in [1.82, 2.24) is 0 Å². The van der Waals surface area contributed by atoms with Gasteiger partial charge in [-0.1, -0.05) is 400 Å². The van der Waals surface area contributed by atoms with Crippen LogP contribution < -0.4 is 0 Å². The van der Waals surface area contributed by atoms with Gasteiger partial charge in [0, 0.05) is 7.11 Å². The van der Waals surface area contributed by atoms with Crippen LogP contribution in [0.2, 0.25) is 0 Å². The standard InChI is InChI=1S/C119H124O19/c1-121-118-116(133-84-98-63-37-13-38-64-98)114(131-82-96-59-33-11-34-60-96)109(126-77-91-49-23-6-24-50-91)103(137-118)71-72-119(120)117(134-85-99-65-39-14-40-66-99)115(132-83-97-61-35-12-36-62-97)110(127-78-92-51-25-7-26-52-92)104(138-119)70-69-101-107(124-75-89-45-19-4-20-46-89)112(129-80-94-55-29-9-30-56-94)106(123-74-88-43-17-3-18-44-88)100(135-101)67-68-102-108(125-76-90-47-21-5-22-48-90)113(130-81-95-57-31-10-32-58-95)111(128-79-93-53-27-8-28-54-93)105(136-102)86-122-73-87-41-15-2-16-42-87/h2-66,100-118,120H,67-70,73-86H2,1H3/t100-,101+,102+,103-,104-,105-,106+,107+,108+,109+,110+,111+,112+,113-,114+,115+,116-,117-,118-,119?/m1/s1. The molecule has 0 aromatic heterocycles. The highest BCUT2D eigenvalue weighted by Gasteiger charge is 2.58. The Balaban J connectivity index is 0.783. The van der Waals surface area contributed by atoms with E-state index in [1.54, 1.807) is 7.11 Å². The van der Waals surface area contributed by atoms with E-state index in [0.29, 0.717) is 19.4 Å². The van der Waals surface area contributed by atoms with E-state index in [9.17, 15) is 5.11 Å². The van der Waals surface area contributed by atoms with Gasteiger partial charge in [-0.05, 0) is 104 Å². The minimum atomic E-state index is -2.56. The Hall–Kier alpha value is -11.3. The summed E-state index contributed by atoms with van der Waals surface area (Å²) in [5, 5.41) is 14.7. The molecule has 4 saturated heterocycles. The molecule has 0 saturated carbocycles. The molecule has 714 valence electrons. The zero-order chi connectivity index (χ0) is 93.8. The van der Waals surface area contributed by atoms with Gasteiger partial charge in [0.15, 0.2) is 12.4 Å². The molecule has 0 radical (unpaired) electrons. The first-order valence-corrected chi connectivity index (χ1v) is 48.1. The van der Waals surface area contributed by atoms with Crippen molar-refractivity contribution in [2.24, 2.45) is 0 Å². The second-order valence-electron chi connectivity index (χ2n) is 35.5. The Kier molecular flexibility index (Phi) is 37.1. The Morgan fingerprint density at radius 1 is 0.225 bits per heavy atom. The Morgan fingerprint density at radius 2 is 0.435 bits per heavy atom. The topological polar surface area (TPSA) is 186 Å². The fourth-order valence-corrected chi connectivity index (χ4v) is 18.4. The maximum atomic E-state index is 14.7. The first kappa shape index (κ1) is 98.3. The smallest absolute Gasteiger partial charge is 0.261 e. The monoisotopic (exact) mass is 1860 g/mol. The minimum Gasteiger partial charge on any atom is -0.374 e. The molecule has 13 aromatic carbocycles. The summed E-state index contributed by atoms with van der Waals surface area (Å²) in [5.41, 5.74) is 12.1. The van der Waals surface area contributed by atoms with Gasteiger partial charge in [-0.25, -0.2) is 0 Å². The van der Waals surface area contributed by atoms with Crippen LogP contribution in [-0.4, -0.2) is 141 Å². The molecular weight excluding hydrogens is 1730 g/mol. The molecule has 0 aliphatic carbocycles. The molecular formula is C119H124O19. The molecule has 4 aliphatic rings. The summed E-state index contributed by atoms with van der Waals surface area (Å²) < 4.78 is 132. The summed E-state index contributed by atoms with van der Waals surface area (Å²) in [4.78, 5) is 0. The lowest BCUT2D eigenvalue weighted by atomic mass is 9.85. The van der Waals surface area contributed by atoms with Crippen LogP contribution in [0.1, 0.15) is 98.0 Å². The van der Waals surface area contributed by atoms with Gasteiger partial charge in [-0.3, -0.25) is 0 Å². The van der Waals surface area contributed by atoms with E-state index < -0.39 is 122 Å². The predicted molar refractivity (Wildman–Crippen MR) is 525 cm³/mol. The van der Waals surface area contributed by atoms with Crippen LogP contribution in [0.4, 0.5) is 0 Å². The maximum Gasteiger partial charge on any atom is 0.261 e. The molecule has 1 N–H and O–H groups in total. The first-order chi connectivity index (χ1) is 68.2. The lowest BCUT2D eigenvalue weighted by Crippen LogP contribution is -2.66. The van der Waals surface area contributed by atoms with Crippen LogP contribution in [-0.2, 0) is 171 Å². The van der Waals surface area contributed by atoms with Gasteiger partial charge in [-0.15, -0.1) is 0 Å². The molecule has 0 amide bonds. The number of rotatable bonds is 47. The van der Waals surface area contributed by atoms with Crippen molar-refractivity contribution in [3.05, 3.63) is 467 Å². The van der Waals surface area contributed by atoms with Crippen molar-refractivity contribution in [3.8, 4) is 11.8 Å². The number of aliphatic hydroxyl groups is 1. The first-order valence-electron chi connectivity index (χ1n) is 48.1. The van der Waals surface area contributed by atoms with Crippen LogP contribution in [0.15, 0.2) is 394 Å². The molecule has 17 rings (SSSR count). The SMILES string of the molecule is CO[C@@H]1O[C@H](C#CC2(O)O[C@H](CC[C@@H]3O[C@H](CC[C@@H]4O[C@H](COCc5ccccc5)[C@H](OCc5ccccc5)[C@H](OCc5ccccc5)[C@H]4OCc4ccccc4)[C@H](OCc4ccccc4)[C@H](OCc4ccccc4)[C@H]3OCc3ccccc3)[C@H](OCc3ccccc3)[C@H](OCc3ccccc3)[C@H]2OCc2ccccc2)[C@H](OCc2ccccc2)[C@H](OCc2ccccc2)[C@H]1OCc1ccccc1. The highest BCUT2D eigenvalue weighted by Crippen LogP contribution is 2.43. The van der Waals surface area contributed by atoms with Crippen LogP contribution in [0, 0.1) is 11.8 Å². The van der Waals surface area contributed by atoms with Crippen molar-refractivity contribution in [3.63, 3.8) is 0 Å². The van der Waals surface area contributed by atoms with E-state index in [1.165, 1.54) is 0 Å². The summed E-state index contributed by atoms with van der Waals surface area (Å²) in [6.07, 6.45) is -16.3. The van der Waals surface area contributed by atoms with Gasteiger partial charge in [0.2, 0.25) is 0 Å². The summed E-state index contributed by atoms with van der Waals surface area (Å²) in [5.74, 6) is 4.27. The van der Waals surface area contributed by atoms with Gasteiger partial charge in [0.25, 0.3) is 5.79 Å². The third-order valence-electron chi connectivity index (χ3n) is 25.6. The van der Waals surface area contributed by atoms with Crippen molar-refractivity contribution >= 4 is 0 Å². The van der Waals surface area contributed by atoms with E-state index in [4.69, 9.17) is 85.3 Å². The van der Waals surface area contributed by atoms with Crippen LogP contribution >= 0.6 is 0 Å². The number of benzene rings is 13. The fourth-order valence-electron chi connectivity index (χ4n) is 18.4. The molecule has 0 bridgehead atoms. The zero-order valence-electron chi connectivity index (χ0n) is 78.0. The zero-order valence-corrected chi connectivity index (χ0v) is 78.0. The van der Waals surface area contributed by atoms with Gasteiger partial charge in [0.05, 0.1) is 117 Å². The van der Waals surface area contributed by atoms with Crippen LogP contribution in [0.25, 0.3) is 0 Å². The molecule has 1 unspecified atom stereocenters. The van der Waals surface area contributed by atoms with Gasteiger partial charge < -0.3 is 90.4 Å². The fraction of sp³-hybridized carbons (Fsp3) is 0.328. The lowest BCUT2D eigenvalue weighted by molar-refractivity contribution is -0.345. The second-order valence-corrected chi connectivity index (χ2v) is 35.5. The molecule has 4 fully saturated rings. The number of methoxy groups -OCH3 is 1. The highest BCUT2D eigenvalue weighted by atomic mass is 16.7. The summed E-state index contributed by atoms with van der Waals surface area (Å²) in [7, 11) is 1.57. The summed E-state index contributed by atoms with van der Waals surface area (Å²) >= 11 is 0. The molecule has 0 spiro atoms. The van der Waals surface area contributed by atoms with E-state index >= 15 is 0 Å². The van der Waals surface area contributed by atoms with Crippen LogP contribution in [0.5, 0.6) is 0 Å². The molecule has 13 aromatic rings. The highest BCUT2D eigenvalue weighted by molar-refractivity contribution is 5.28. The largest absolute Gasteiger partial charge is 0.374 e. The molecule has 4 aliphatic heterocycles. The van der Waals surface area contributed by atoms with Gasteiger partial charge in [-0.2, -0.15) is 0 Å². The average Bonchev–Trinajstić information content (AvgIpc) is 0.752. The number of hydrogen-bond donors (Lipinski definition) is 1. The molecule has 4 heterocycles. The average molecular weight is 1860 g/mol. The van der Waals surface area contributed by atoms with Crippen molar-refractivity contribution in [2.45, 2.75) is 234 Å². The van der Waals surface area contributed by atoms with Crippen molar-refractivity contribution in [2.75, 3.05) is 13.7 Å². The summed E-state index contributed by atoms with van der Waals surface area (Å²) in [6.45, 7) is 2.44. The Morgan fingerprint density at radius 3 is 0.717 bits per heavy atom. The molecule has 20 atom stereocenters. The molecule has 138 heavy (non-hydrogen) atoms. The molecule has 19 heteroatoms. The van der Waals surface area contributed by atoms with E-state index in [1.807, 2.05) is 309 Å². The molecule has 19 nitrogen and oxygen atoms in total. The van der Waals surface area contributed by atoms with Crippen molar-refractivity contribution < 1.29 is 90.4 Å². The maximum absolute atomic E-state index is 14.7. The predicted octanol–water partition coefficient (Wildman–Crippen LogP) is 20.8. The Bertz CT molecular complexity index is 5640. The second kappa shape index (κ2) is 52.1. The minimum absolute atomic E-state index is 0.00145. The van der Waals surface area contributed by atoms with E-state index in [-0.39, 0.29) is 98.7 Å². The number of hydrogen-bond acceptors (Lipinski definition) is 19. The third kappa shape index (κ3) is 28.3. The quantitative estimate of drug-likeness (QED) is 0.0355. The van der Waals surface area contributed by atoms with Crippen LogP contribution in [0.3, 0.4) is 0 Å². The van der Waals surface area contributed by atoms with Gasteiger partial charge in [0.1, 0.15) is 79.4 Å². The number of ether oxygens (including phenoxy) is 18. The lowest BCUT2D eigenvalue weighted by Gasteiger charge is -2.50. The van der Waals surface area contributed by atoms with Gasteiger partial charge >= 0.3 is 0 Å². The third-order valence-corrected chi connectivity index (χ3v) is 25.6. The normalized spacial score (nSPS) is 25.3. The van der Waals surface area contributed by atoms with E-state index in [2.05, 4.69) is 96.8 Å². The Labute approximate surface area is 811 Å².